The maximum Gasteiger partial charge on any atom is 0.418 e. The van der Waals surface area contributed by atoms with Crippen LogP contribution in [0.15, 0.2) is 155 Å². The molecule has 0 aliphatic heterocycles. The van der Waals surface area contributed by atoms with Gasteiger partial charge >= 0.3 is 18.3 Å². The number of thiol groups is 2. The molecule has 0 unspecified atom stereocenters. The minimum Gasteiger partial charge on any atom is -0.478 e. The Hall–Kier alpha value is -11.7. The van der Waals surface area contributed by atoms with Gasteiger partial charge < -0.3 is 131 Å². The number of halogens is 15. The molecule has 45 N–H and O–H groups in total. The Kier molecular flexibility index (Phi) is 40.6. The summed E-state index contributed by atoms with van der Waals surface area (Å²) in [6.07, 6.45) is -8.88. The van der Waals surface area contributed by atoms with Crippen molar-refractivity contribution in [2.24, 2.45) is 0 Å². The van der Waals surface area contributed by atoms with Crippen molar-refractivity contribution < 1.29 is 49.4 Å². The molecule has 628 valence electrons. The summed E-state index contributed by atoms with van der Waals surface area (Å²) in [6, 6.07) is 35.4. The maximum atomic E-state index is 12.4. The third-order valence-electron chi connectivity index (χ3n) is 14.7. The van der Waals surface area contributed by atoms with Crippen LogP contribution in [0.5, 0.6) is 0 Å². The molecule has 41 heteroatoms. The number of carboxylic acid groups (broad SMARTS) is 1. The number of rotatable bonds is 1. The van der Waals surface area contributed by atoms with Crippen LogP contribution in [-0.4, -0.2) is 11.1 Å². The highest BCUT2D eigenvalue weighted by molar-refractivity contribution is 7.81. The van der Waals surface area contributed by atoms with Crippen molar-refractivity contribution in [3.63, 3.8) is 0 Å². The Morgan fingerprint density at radius 2 is 0.569 bits per heavy atom. The van der Waals surface area contributed by atoms with Gasteiger partial charge in [0.25, 0.3) is 0 Å². The Morgan fingerprint density at radius 3 is 0.853 bits per heavy atom. The van der Waals surface area contributed by atoms with Crippen LogP contribution in [0, 0.1) is 59.0 Å². The quantitative estimate of drug-likeness (QED) is 0.0314. The number of aryl methyl sites for hydroxylation is 6. The van der Waals surface area contributed by atoms with Crippen molar-refractivity contribution >= 4 is 226 Å². The zero-order valence-corrected chi connectivity index (χ0v) is 68.8. The molecule has 0 saturated carbocycles. The van der Waals surface area contributed by atoms with Gasteiger partial charge in [-0.15, -0.1) is 25.3 Å². The maximum absolute atomic E-state index is 12.4. The highest BCUT2D eigenvalue weighted by atomic mass is 35.5. The second kappa shape index (κ2) is 46.0. The minimum absolute atomic E-state index is 0.0826. The second-order valence-electron chi connectivity index (χ2n) is 24.2. The Bertz CT molecular complexity index is 4650. The minimum atomic E-state index is -4.44. The first kappa shape index (κ1) is 102. The van der Waals surface area contributed by atoms with Crippen LogP contribution in [-0.2, 0) is 12.4 Å². The molecule has 0 radical (unpaired) electrons. The van der Waals surface area contributed by atoms with Crippen LogP contribution in [0.3, 0.4) is 0 Å². The first-order chi connectivity index (χ1) is 53.2. The molecule has 24 nitrogen and oxygen atoms in total. The number of hydrogen-bond acceptors (Lipinski definition) is 25. The SMILES string of the molecule is Cc1cc(N)c(C(F)(F)F)cc1N.Cc1cc(N)c(C(F)(F)F)cc1N.Cc1cc(N)cc(C)c1N.Cc1cc(N)cc(C)c1N.Nc1c(Cl)c(Cl)c(N)c(Cl)c1Cl.Nc1cc(Cl)c(N)c(Cl)c1.Nc1cc(F)c(N)cc1F.Nc1cc(S)c(N)cc1S.Nc1ccc(C(=O)O)c(N)c1.Nc1ccc(N)c(F)c1.Nc1ccc(N)cc1. The monoisotopic (exact) mass is 1770 g/mol. The van der Waals surface area contributed by atoms with Gasteiger partial charge in [0.15, 0.2) is 0 Å². The van der Waals surface area contributed by atoms with Crippen molar-refractivity contribution in [3.8, 4) is 0 Å². The van der Waals surface area contributed by atoms with Crippen molar-refractivity contribution in [1.29, 1.82) is 0 Å². The lowest BCUT2D eigenvalue weighted by molar-refractivity contribution is -0.137. The van der Waals surface area contributed by atoms with E-state index >= 15 is 0 Å². The van der Waals surface area contributed by atoms with Crippen LogP contribution in [0.1, 0.15) is 54.9 Å². The molecule has 0 atom stereocenters. The summed E-state index contributed by atoms with van der Waals surface area (Å²) in [5.41, 5.74) is 129. The van der Waals surface area contributed by atoms with Gasteiger partial charge in [-0.1, -0.05) is 69.6 Å². The first-order valence-corrected chi connectivity index (χ1v) is 35.4. The van der Waals surface area contributed by atoms with Gasteiger partial charge in [-0.3, -0.25) is 0 Å². The second-order valence-corrected chi connectivity index (χ2v) is 27.5. The number of hydrogen-bond donors (Lipinski definition) is 25. The summed E-state index contributed by atoms with van der Waals surface area (Å²) < 4.78 is 110. The summed E-state index contributed by atoms with van der Waals surface area (Å²) in [4.78, 5) is 11.8. The largest absolute Gasteiger partial charge is 0.478 e. The van der Waals surface area contributed by atoms with E-state index in [1.165, 1.54) is 42.5 Å². The first-order valence-electron chi connectivity index (χ1n) is 32.2. The normalized spacial score (nSPS) is 10.2. The lowest BCUT2D eigenvalue weighted by Crippen LogP contribution is -2.10. The fourth-order valence-corrected chi connectivity index (χ4v) is 10.1. The average Bonchev–Trinajstić information content (AvgIpc) is 0.823. The number of carboxylic acids is 1. The molecule has 0 fully saturated rings. The highest BCUT2D eigenvalue weighted by Crippen LogP contribution is 2.45. The van der Waals surface area contributed by atoms with E-state index in [-0.39, 0.29) is 82.5 Å². The Balaban J connectivity index is 0.000000639. The predicted octanol–water partition coefficient (Wildman–Crippen LogP) is 17.9. The molecule has 0 spiro atoms. The number of aromatic carboxylic acids is 1. The van der Waals surface area contributed by atoms with Crippen molar-refractivity contribution in [3.05, 3.63) is 243 Å². The number of alkyl halides is 6. The summed E-state index contributed by atoms with van der Waals surface area (Å²) in [5, 5.41) is 9.84. The number of benzene rings is 11. The van der Waals surface area contributed by atoms with Crippen LogP contribution < -0.4 is 126 Å². The van der Waals surface area contributed by atoms with E-state index in [4.69, 9.17) is 201 Å². The number of nitrogens with two attached hydrogens (primary N) is 22. The predicted molar refractivity (Wildman–Crippen MR) is 478 cm³/mol. The smallest absolute Gasteiger partial charge is 0.418 e. The fourth-order valence-electron chi connectivity index (χ4n) is 8.27. The van der Waals surface area contributed by atoms with E-state index in [0.29, 0.717) is 65.1 Å². The average molecular weight is 1780 g/mol. The van der Waals surface area contributed by atoms with Crippen molar-refractivity contribution in [2.45, 2.75) is 63.7 Å². The van der Waals surface area contributed by atoms with E-state index in [2.05, 4.69) is 25.3 Å². The summed E-state index contributed by atoms with van der Waals surface area (Å²) >= 11 is 42.1. The summed E-state index contributed by atoms with van der Waals surface area (Å²) in [7, 11) is 0. The van der Waals surface area contributed by atoms with Crippen molar-refractivity contribution in [2.75, 3.05) is 126 Å². The van der Waals surface area contributed by atoms with Crippen LogP contribution in [0.4, 0.5) is 165 Å². The molecular formula is C75H89Cl6F9N22O2S2. The molecule has 0 aliphatic carbocycles. The molecule has 11 aromatic carbocycles. The summed E-state index contributed by atoms with van der Waals surface area (Å²) in [6.45, 7) is 11.0. The van der Waals surface area contributed by atoms with Gasteiger partial charge in [0.05, 0.1) is 81.0 Å². The molecular weight excluding hydrogens is 1690 g/mol. The molecule has 11 rings (SSSR count). The molecule has 0 aliphatic rings. The van der Waals surface area contributed by atoms with Gasteiger partial charge in [0.1, 0.15) is 17.5 Å². The summed E-state index contributed by atoms with van der Waals surface area (Å²) in [5.74, 6) is -2.89. The number of carbonyl (C=O) groups is 1. The number of anilines is 22. The van der Waals surface area contributed by atoms with Crippen molar-refractivity contribution in [1.82, 2.24) is 0 Å². The fraction of sp³-hybridized carbons (Fsp3) is 0.107. The van der Waals surface area contributed by atoms with E-state index in [1.807, 2.05) is 52.0 Å². The Labute approximate surface area is 703 Å². The zero-order valence-electron chi connectivity index (χ0n) is 62.5. The van der Waals surface area contributed by atoms with Gasteiger partial charge in [-0.05, 0) is 208 Å². The molecule has 0 saturated heterocycles. The van der Waals surface area contributed by atoms with Crippen LogP contribution in [0.25, 0.3) is 0 Å². The number of nitrogen functional groups attached to an aromatic ring is 22. The topological polar surface area (TPSA) is 610 Å². The zero-order chi connectivity index (χ0) is 89.8. The lowest BCUT2D eigenvalue weighted by atomic mass is 10.1. The van der Waals surface area contributed by atoms with E-state index in [9.17, 15) is 44.3 Å². The van der Waals surface area contributed by atoms with Gasteiger partial charge in [-0.2, -0.15) is 26.3 Å². The third-order valence-corrected chi connectivity index (χ3v) is 17.9. The molecule has 0 amide bonds. The molecule has 116 heavy (non-hydrogen) atoms. The molecule has 0 aromatic heterocycles. The molecule has 11 aromatic rings. The molecule has 0 heterocycles. The van der Waals surface area contributed by atoms with Gasteiger partial charge in [0, 0.05) is 113 Å². The van der Waals surface area contributed by atoms with Gasteiger partial charge in [0.2, 0.25) is 0 Å². The van der Waals surface area contributed by atoms with Crippen LogP contribution in [0.2, 0.25) is 30.1 Å². The van der Waals surface area contributed by atoms with Gasteiger partial charge in [-0.25, -0.2) is 18.0 Å². The van der Waals surface area contributed by atoms with E-state index < -0.39 is 46.9 Å². The Morgan fingerprint density at radius 1 is 0.284 bits per heavy atom. The van der Waals surface area contributed by atoms with E-state index in [0.717, 1.165) is 80.6 Å². The lowest BCUT2D eigenvalue weighted by Gasteiger charge is -2.11. The highest BCUT2D eigenvalue weighted by Gasteiger charge is 2.34. The molecule has 0 bridgehead atoms. The van der Waals surface area contributed by atoms with Crippen LogP contribution >= 0.6 is 94.9 Å². The third kappa shape index (κ3) is 33.8. The standard InChI is InChI=1S/2C8H9F3N2.2C8H12N2.C7H8N2O2.C6H4Cl4N2.C6H6Cl2N2.C6H6F2N2.C6H7FN2.C6H8N2S2.C6H8N2/c2*1-4-2-7(13)5(3-6(4)12)8(9,10)11;2*1-5-3-7(9)4-6(2)8(5)10;8-4-1-2-5(7(10)11)6(9)3-4;7-1-2(8)6(12)4(10)3(9)5(1)11;7-4-1-3(9)2-5(8)6(4)10;7-3-1-5(9)4(8)2-6(3)10;7-5-3-4(8)1-2-6(5)9;7-3-1-5(9)4(8)2-6(3)10;7-5-1-2-6(8)4-3-5/h2*2-3H,12-13H2,1H3;2*3-4H,9-10H2,1-2H3;1-3H,8-9H2,(H,10,11);11-12H2;2*1-2H,9-10H2;1-3H,8-9H2;1-2,9-10H,7-8H2;1-4H,7-8H2. The van der Waals surface area contributed by atoms with E-state index in [1.54, 1.807) is 68.4 Å².